The quantitative estimate of drug-likeness (QED) is 0.406. The second-order valence-electron chi connectivity index (χ2n) is 11.2. The van der Waals surface area contributed by atoms with Crippen molar-refractivity contribution in [1.29, 1.82) is 0 Å². The zero-order valence-corrected chi connectivity index (χ0v) is 22.0. The van der Waals surface area contributed by atoms with Gasteiger partial charge in [-0.25, -0.2) is 0 Å². The molecule has 34 heavy (non-hydrogen) atoms. The first-order valence-corrected chi connectivity index (χ1v) is 13.3. The van der Waals surface area contributed by atoms with Crippen LogP contribution in [0.4, 0.5) is 0 Å². The first kappa shape index (κ1) is 25.5. The summed E-state index contributed by atoms with van der Waals surface area (Å²) in [5.74, 6) is -1.80. The number of ether oxygens (including phenoxy) is 1. The number of unbranched alkanes of at least 4 members (excludes halogenated alkanes) is 1. The second-order valence-corrected chi connectivity index (χ2v) is 12.3. The zero-order chi connectivity index (χ0) is 25.1. The van der Waals surface area contributed by atoms with E-state index in [4.69, 9.17) is 4.74 Å². The van der Waals surface area contributed by atoms with Crippen molar-refractivity contribution in [3.05, 3.63) is 23.8 Å². The molecule has 8 atom stereocenters. The van der Waals surface area contributed by atoms with Crippen molar-refractivity contribution in [3.63, 3.8) is 0 Å². The summed E-state index contributed by atoms with van der Waals surface area (Å²) in [5.41, 5.74) is -2.02. The van der Waals surface area contributed by atoms with Crippen molar-refractivity contribution in [2.45, 2.75) is 76.6 Å². The lowest BCUT2D eigenvalue weighted by molar-refractivity contribution is -0.196. The minimum atomic E-state index is -1.53. The van der Waals surface area contributed by atoms with Crippen LogP contribution >= 0.6 is 15.9 Å². The van der Waals surface area contributed by atoms with Crippen LogP contribution in [-0.2, 0) is 23.9 Å². The van der Waals surface area contributed by atoms with Crippen LogP contribution in [0.5, 0.6) is 0 Å². The van der Waals surface area contributed by atoms with Gasteiger partial charge in [-0.05, 0) is 43.3 Å². The fourth-order valence-electron chi connectivity index (χ4n) is 7.81. The number of aliphatic hydroxyl groups is 1. The van der Waals surface area contributed by atoms with Gasteiger partial charge in [0.25, 0.3) is 0 Å². The van der Waals surface area contributed by atoms with Crippen molar-refractivity contribution < 1.29 is 29.0 Å². The van der Waals surface area contributed by atoms with Crippen LogP contribution in [-0.4, -0.2) is 45.5 Å². The highest BCUT2D eigenvalue weighted by Gasteiger charge is 2.73. The minimum absolute atomic E-state index is 0.0223. The predicted octanol–water partition coefficient (Wildman–Crippen LogP) is 4.13. The molecule has 2 unspecified atom stereocenters. The van der Waals surface area contributed by atoms with Crippen LogP contribution in [0.25, 0.3) is 0 Å². The summed E-state index contributed by atoms with van der Waals surface area (Å²) < 4.78 is 6.06. The van der Waals surface area contributed by atoms with Gasteiger partial charge >= 0.3 is 5.97 Å². The number of aliphatic hydroxyl groups excluding tert-OH is 1. The van der Waals surface area contributed by atoms with E-state index in [0.717, 1.165) is 12.0 Å². The molecule has 0 heterocycles. The van der Waals surface area contributed by atoms with Gasteiger partial charge in [0, 0.05) is 40.3 Å². The van der Waals surface area contributed by atoms with Gasteiger partial charge in [0.05, 0.1) is 0 Å². The van der Waals surface area contributed by atoms with E-state index in [2.05, 4.69) is 15.9 Å². The molecule has 4 aliphatic carbocycles. The second kappa shape index (κ2) is 8.81. The van der Waals surface area contributed by atoms with Crippen LogP contribution in [0.2, 0.25) is 0 Å². The maximum atomic E-state index is 13.9. The fraction of sp³-hybridized carbons (Fsp3) is 0.704. The topological polar surface area (TPSA) is 97.7 Å². The molecule has 4 aliphatic rings. The third kappa shape index (κ3) is 3.44. The van der Waals surface area contributed by atoms with Gasteiger partial charge in [-0.15, -0.1) is 0 Å². The Balaban J connectivity index is 1.80. The van der Waals surface area contributed by atoms with Gasteiger partial charge < -0.3 is 9.84 Å². The van der Waals surface area contributed by atoms with E-state index in [1.54, 1.807) is 12.2 Å². The molecule has 0 aliphatic heterocycles. The molecule has 0 bridgehead atoms. The molecule has 0 aromatic carbocycles. The number of rotatable bonds is 6. The van der Waals surface area contributed by atoms with Crippen LogP contribution in [0.15, 0.2) is 23.8 Å². The number of carbonyl (C=O) groups is 4. The molecule has 4 rings (SSSR count). The Hall–Kier alpha value is -1.60. The normalized spacial score (nSPS) is 43.0. The number of Topliss-reactive ketones (excluding diaryl/α,β-unsaturated/α-hetero) is 2. The molecular weight excluding hydrogens is 500 g/mol. The lowest BCUT2D eigenvalue weighted by atomic mass is 9.46. The summed E-state index contributed by atoms with van der Waals surface area (Å²) in [4.78, 5) is 52.2. The molecule has 0 saturated heterocycles. The number of allylic oxidation sites excluding steroid dienone is 4. The molecule has 0 amide bonds. The maximum Gasteiger partial charge on any atom is 0.306 e. The number of hydrogen-bond donors (Lipinski definition) is 1. The zero-order valence-electron chi connectivity index (χ0n) is 20.4. The maximum absolute atomic E-state index is 13.9. The number of halogens is 1. The van der Waals surface area contributed by atoms with E-state index in [9.17, 15) is 24.3 Å². The highest BCUT2D eigenvalue weighted by Crippen LogP contribution is 2.69. The SMILES string of the molecule is CCCCC(=O)O[C@]1(C(=O)CO)C(C)C[C@H]2[C@@H]3C(Br)CC4=CC(=O)C=C[C@]4(C)[C@H]3C(=O)C[C@@]21C. The summed E-state index contributed by atoms with van der Waals surface area (Å²) >= 11 is 3.85. The average Bonchev–Trinajstić information content (AvgIpc) is 2.99. The van der Waals surface area contributed by atoms with E-state index < -0.39 is 34.8 Å². The van der Waals surface area contributed by atoms with Gasteiger partial charge in [-0.2, -0.15) is 0 Å². The molecule has 0 radical (unpaired) electrons. The number of fused-ring (bicyclic) bond motifs is 5. The van der Waals surface area contributed by atoms with Crippen molar-refractivity contribution in [2.24, 2.45) is 34.5 Å². The van der Waals surface area contributed by atoms with Gasteiger partial charge in [-0.3, -0.25) is 19.2 Å². The summed E-state index contributed by atoms with van der Waals surface area (Å²) in [6.07, 6.45) is 8.15. The van der Waals surface area contributed by atoms with Crippen molar-refractivity contribution in [2.75, 3.05) is 6.61 Å². The summed E-state index contributed by atoms with van der Waals surface area (Å²) in [6.45, 7) is 7.09. The minimum Gasteiger partial charge on any atom is -0.450 e. The van der Waals surface area contributed by atoms with E-state index in [0.29, 0.717) is 19.3 Å². The lowest BCUT2D eigenvalue weighted by Crippen LogP contribution is -2.64. The molecule has 1 N–H and O–H groups in total. The van der Waals surface area contributed by atoms with E-state index in [1.165, 1.54) is 0 Å². The molecule has 0 spiro atoms. The third-order valence-corrected chi connectivity index (χ3v) is 10.3. The van der Waals surface area contributed by atoms with Gasteiger partial charge in [0.2, 0.25) is 5.78 Å². The van der Waals surface area contributed by atoms with Crippen LogP contribution in [0.1, 0.15) is 66.2 Å². The Morgan fingerprint density at radius 3 is 2.62 bits per heavy atom. The molecule has 0 aromatic rings. The summed E-state index contributed by atoms with van der Waals surface area (Å²) in [7, 11) is 0. The monoisotopic (exact) mass is 534 g/mol. The summed E-state index contributed by atoms with van der Waals surface area (Å²) in [5, 5.41) is 9.96. The van der Waals surface area contributed by atoms with Gasteiger partial charge in [0.1, 0.15) is 12.4 Å². The molecule has 0 aromatic heterocycles. The number of esters is 1. The number of carbonyl (C=O) groups excluding carboxylic acids is 4. The largest absolute Gasteiger partial charge is 0.450 e. The van der Waals surface area contributed by atoms with Gasteiger partial charge in [-0.1, -0.05) is 61.7 Å². The standard InChI is InChI=1S/C27H35BrO6/c1-5-6-7-22(33)34-27(21(32)14-29)15(2)10-18-23-19(28)12-16-11-17(30)8-9-25(16,3)24(23)20(31)13-26(18,27)4/h8-9,11,15,18-19,23-24,29H,5-7,10,12-14H2,1-4H3/t15?,18-,19?,23+,24-,25-,26-,27-/m0/s1. The molecule has 3 saturated carbocycles. The van der Waals surface area contributed by atoms with Gasteiger partial charge in [0.15, 0.2) is 11.4 Å². The Labute approximate surface area is 209 Å². The van der Waals surface area contributed by atoms with Crippen molar-refractivity contribution in [3.8, 4) is 0 Å². The number of ketones is 3. The van der Waals surface area contributed by atoms with Crippen molar-refractivity contribution >= 4 is 39.2 Å². The summed E-state index contributed by atoms with van der Waals surface area (Å²) in [6, 6.07) is 0. The predicted molar refractivity (Wildman–Crippen MR) is 130 cm³/mol. The van der Waals surface area contributed by atoms with Crippen LogP contribution < -0.4 is 0 Å². The van der Waals surface area contributed by atoms with E-state index in [1.807, 2.05) is 33.8 Å². The first-order valence-electron chi connectivity index (χ1n) is 12.4. The third-order valence-electron chi connectivity index (χ3n) is 9.35. The Bertz CT molecular complexity index is 984. The highest BCUT2D eigenvalue weighted by molar-refractivity contribution is 9.09. The van der Waals surface area contributed by atoms with Crippen LogP contribution in [0.3, 0.4) is 0 Å². The fourth-order valence-corrected chi connectivity index (χ4v) is 8.83. The molecule has 3 fully saturated rings. The number of alkyl halides is 1. The molecule has 7 heteroatoms. The van der Waals surface area contributed by atoms with E-state index >= 15 is 0 Å². The number of hydrogen-bond acceptors (Lipinski definition) is 6. The molecule has 186 valence electrons. The van der Waals surface area contributed by atoms with Crippen LogP contribution in [0, 0.1) is 34.5 Å². The Morgan fingerprint density at radius 2 is 1.97 bits per heavy atom. The van der Waals surface area contributed by atoms with Crippen molar-refractivity contribution in [1.82, 2.24) is 0 Å². The first-order chi connectivity index (χ1) is 16.0. The smallest absolute Gasteiger partial charge is 0.306 e. The lowest BCUT2D eigenvalue weighted by Gasteiger charge is -2.58. The Morgan fingerprint density at radius 1 is 1.26 bits per heavy atom. The molecular formula is C27H35BrO6. The average molecular weight is 535 g/mol. The molecule has 6 nitrogen and oxygen atoms in total. The Kier molecular flexibility index (Phi) is 6.60. The highest BCUT2D eigenvalue weighted by atomic mass is 79.9. The van der Waals surface area contributed by atoms with E-state index in [-0.39, 0.29) is 52.9 Å².